The Hall–Kier alpha value is -1.44. The van der Waals surface area contributed by atoms with Crippen molar-refractivity contribution in [2.75, 3.05) is 13.7 Å². The Morgan fingerprint density at radius 2 is 1.89 bits per heavy atom. The Labute approximate surface area is 161 Å². The second-order valence-corrected chi connectivity index (χ2v) is 7.25. The molecule has 5 atom stereocenters. The van der Waals surface area contributed by atoms with Crippen LogP contribution >= 0.6 is 0 Å². The number of rotatable bonds is 8. The molecule has 1 aromatic rings. The van der Waals surface area contributed by atoms with Crippen LogP contribution in [0.5, 0.6) is 5.75 Å². The minimum atomic E-state index is -0.718. The minimum Gasteiger partial charge on any atom is -0.497 e. The van der Waals surface area contributed by atoms with Crippen molar-refractivity contribution >= 4 is 0 Å². The van der Waals surface area contributed by atoms with Crippen LogP contribution in [0.25, 0.3) is 0 Å². The van der Waals surface area contributed by atoms with Gasteiger partial charge in [0.1, 0.15) is 24.1 Å². The average Bonchev–Trinajstić information content (AvgIpc) is 2.67. The third-order valence-electron chi connectivity index (χ3n) is 4.70. The molecule has 3 rings (SSSR count). The molecule has 0 amide bonds. The first-order chi connectivity index (χ1) is 13.0. The van der Waals surface area contributed by atoms with E-state index in [1.54, 1.807) is 7.11 Å². The molecule has 1 fully saturated rings. The van der Waals surface area contributed by atoms with Crippen molar-refractivity contribution in [3.63, 3.8) is 0 Å². The molecule has 1 N–H and O–H groups in total. The van der Waals surface area contributed by atoms with Crippen LogP contribution in [0.3, 0.4) is 0 Å². The predicted molar refractivity (Wildman–Crippen MR) is 101 cm³/mol. The molecular weight excluding hydrogens is 348 g/mol. The molecule has 1 saturated heterocycles. The topological polar surface area (TPSA) is 66.4 Å². The number of ether oxygens (including phenoxy) is 5. The summed E-state index contributed by atoms with van der Waals surface area (Å²) in [4.78, 5) is 0. The number of methoxy groups -OCH3 is 1. The Balaban J connectivity index is 1.43. The van der Waals surface area contributed by atoms with Crippen LogP contribution in [-0.2, 0) is 25.6 Å². The molecular formula is C21H30O6. The van der Waals surface area contributed by atoms with Gasteiger partial charge in [-0.3, -0.25) is 0 Å². The highest BCUT2D eigenvalue weighted by Gasteiger charge is 2.36. The van der Waals surface area contributed by atoms with Crippen LogP contribution < -0.4 is 4.74 Å². The normalized spacial score (nSPS) is 28.8. The van der Waals surface area contributed by atoms with Gasteiger partial charge in [0.25, 0.3) is 0 Å². The lowest BCUT2D eigenvalue weighted by Gasteiger charge is -2.40. The summed E-state index contributed by atoms with van der Waals surface area (Å²) in [5.74, 6) is 0.810. The van der Waals surface area contributed by atoms with Crippen LogP contribution in [0.2, 0.25) is 0 Å². The van der Waals surface area contributed by atoms with Crippen molar-refractivity contribution in [3.8, 4) is 5.75 Å². The van der Waals surface area contributed by atoms with Crippen LogP contribution in [0, 0.1) is 0 Å². The molecule has 6 heteroatoms. The summed E-state index contributed by atoms with van der Waals surface area (Å²) in [5.41, 5.74) is 1.03. The first-order valence-electron chi connectivity index (χ1n) is 9.58. The molecule has 0 spiro atoms. The highest BCUT2D eigenvalue weighted by molar-refractivity contribution is 5.26. The monoisotopic (exact) mass is 378 g/mol. The van der Waals surface area contributed by atoms with Gasteiger partial charge in [-0.25, -0.2) is 0 Å². The summed E-state index contributed by atoms with van der Waals surface area (Å²) in [6.07, 6.45) is 4.16. The number of fused-ring (bicyclic) bond motifs is 1. The fourth-order valence-corrected chi connectivity index (χ4v) is 3.31. The van der Waals surface area contributed by atoms with Crippen molar-refractivity contribution in [2.45, 2.75) is 70.1 Å². The van der Waals surface area contributed by atoms with E-state index < -0.39 is 6.10 Å². The first-order valence-corrected chi connectivity index (χ1v) is 9.58. The molecule has 0 bridgehead atoms. The highest BCUT2D eigenvalue weighted by atomic mass is 16.7. The van der Waals surface area contributed by atoms with E-state index in [0.29, 0.717) is 6.61 Å². The lowest BCUT2D eigenvalue weighted by molar-refractivity contribution is -0.242. The van der Waals surface area contributed by atoms with Crippen LogP contribution in [0.15, 0.2) is 36.4 Å². The summed E-state index contributed by atoms with van der Waals surface area (Å²) in [5, 5.41) is 10.4. The Bertz CT molecular complexity index is 599. The van der Waals surface area contributed by atoms with Gasteiger partial charge < -0.3 is 28.8 Å². The maximum atomic E-state index is 10.4. The van der Waals surface area contributed by atoms with E-state index in [0.717, 1.165) is 24.2 Å². The van der Waals surface area contributed by atoms with E-state index in [1.807, 2.05) is 50.3 Å². The SMILES string of the molecule is COc1ccc(COC[C@H](O)[C@H]2C=C[C@H]3O[C@H](OC(C)C)CC[C@@H]3O2)cc1. The van der Waals surface area contributed by atoms with E-state index in [2.05, 4.69) is 0 Å². The van der Waals surface area contributed by atoms with E-state index in [9.17, 15) is 5.11 Å². The predicted octanol–water partition coefficient (Wildman–Crippen LogP) is 2.83. The molecule has 0 unspecified atom stereocenters. The van der Waals surface area contributed by atoms with Crippen molar-refractivity contribution in [3.05, 3.63) is 42.0 Å². The van der Waals surface area contributed by atoms with Crippen LogP contribution in [-0.4, -0.2) is 55.6 Å². The molecule has 2 aliphatic heterocycles. The molecule has 0 aromatic heterocycles. The molecule has 0 radical (unpaired) electrons. The van der Waals surface area contributed by atoms with Gasteiger partial charge in [0, 0.05) is 6.42 Å². The van der Waals surface area contributed by atoms with Crippen LogP contribution in [0.1, 0.15) is 32.3 Å². The fourth-order valence-electron chi connectivity index (χ4n) is 3.31. The zero-order chi connectivity index (χ0) is 19.2. The molecule has 2 heterocycles. The van der Waals surface area contributed by atoms with Gasteiger partial charge in [-0.2, -0.15) is 0 Å². The van der Waals surface area contributed by atoms with Gasteiger partial charge in [-0.15, -0.1) is 0 Å². The molecule has 1 aromatic carbocycles. The minimum absolute atomic E-state index is 0.0525. The summed E-state index contributed by atoms with van der Waals surface area (Å²) < 4.78 is 28.5. The van der Waals surface area contributed by atoms with Crippen molar-refractivity contribution in [2.24, 2.45) is 0 Å². The van der Waals surface area contributed by atoms with Gasteiger partial charge >= 0.3 is 0 Å². The van der Waals surface area contributed by atoms with Crippen LogP contribution in [0.4, 0.5) is 0 Å². The summed E-state index contributed by atoms with van der Waals surface area (Å²) >= 11 is 0. The zero-order valence-electron chi connectivity index (χ0n) is 16.2. The molecule has 2 aliphatic rings. The van der Waals surface area contributed by atoms with E-state index in [1.165, 1.54) is 0 Å². The van der Waals surface area contributed by atoms with Crippen molar-refractivity contribution < 1.29 is 28.8 Å². The number of aliphatic hydroxyl groups excluding tert-OH is 1. The quantitative estimate of drug-likeness (QED) is 0.702. The number of benzene rings is 1. The maximum Gasteiger partial charge on any atom is 0.158 e. The number of hydrogen-bond donors (Lipinski definition) is 1. The molecule has 0 aliphatic carbocycles. The highest BCUT2D eigenvalue weighted by Crippen LogP contribution is 2.29. The standard InChI is InChI=1S/C21H30O6/c1-14(2)25-21-11-10-19-20(27-21)9-8-18(26-19)17(22)13-24-12-15-4-6-16(23-3)7-5-15/h4-9,14,17-22H,10-13H2,1-3H3/t17-,18+,19-,20+,21-/m0/s1. The smallest absolute Gasteiger partial charge is 0.158 e. The largest absolute Gasteiger partial charge is 0.497 e. The first kappa shape index (κ1) is 20.3. The lowest BCUT2D eigenvalue weighted by Crippen LogP contribution is -2.47. The van der Waals surface area contributed by atoms with E-state index in [-0.39, 0.29) is 37.3 Å². The van der Waals surface area contributed by atoms with Gasteiger partial charge in [0.15, 0.2) is 6.29 Å². The Morgan fingerprint density at radius 1 is 1.11 bits per heavy atom. The average molecular weight is 378 g/mol. The lowest BCUT2D eigenvalue weighted by atomic mass is 9.99. The summed E-state index contributed by atoms with van der Waals surface area (Å²) in [6.45, 7) is 4.64. The van der Waals surface area contributed by atoms with Crippen molar-refractivity contribution in [1.82, 2.24) is 0 Å². The third kappa shape index (κ3) is 5.77. The maximum absolute atomic E-state index is 10.4. The van der Waals surface area contributed by atoms with E-state index in [4.69, 9.17) is 23.7 Å². The molecule has 27 heavy (non-hydrogen) atoms. The summed E-state index contributed by atoms with van der Waals surface area (Å²) in [7, 11) is 1.64. The van der Waals surface area contributed by atoms with Gasteiger partial charge in [0.05, 0.1) is 32.5 Å². The second kappa shape index (κ2) is 9.66. The third-order valence-corrected chi connectivity index (χ3v) is 4.70. The van der Waals surface area contributed by atoms with Gasteiger partial charge in [-0.1, -0.05) is 24.3 Å². The number of aliphatic hydroxyl groups is 1. The summed E-state index contributed by atoms with van der Waals surface area (Å²) in [6, 6.07) is 7.67. The molecule has 6 nitrogen and oxygen atoms in total. The molecule has 0 saturated carbocycles. The van der Waals surface area contributed by atoms with E-state index >= 15 is 0 Å². The Morgan fingerprint density at radius 3 is 2.59 bits per heavy atom. The Kier molecular flexibility index (Phi) is 7.26. The number of hydrogen-bond acceptors (Lipinski definition) is 6. The second-order valence-electron chi connectivity index (χ2n) is 7.25. The van der Waals surface area contributed by atoms with Gasteiger partial charge in [0.2, 0.25) is 0 Å². The fraction of sp³-hybridized carbons (Fsp3) is 0.619. The molecule has 150 valence electrons. The van der Waals surface area contributed by atoms with Crippen molar-refractivity contribution in [1.29, 1.82) is 0 Å². The zero-order valence-corrected chi connectivity index (χ0v) is 16.2. The van der Waals surface area contributed by atoms with Gasteiger partial charge in [-0.05, 0) is 38.0 Å².